The van der Waals surface area contributed by atoms with E-state index in [1.165, 1.54) is 0 Å². The molecule has 1 aromatic heterocycles. The van der Waals surface area contributed by atoms with Crippen LogP contribution in [0.3, 0.4) is 0 Å². The van der Waals surface area contributed by atoms with Crippen molar-refractivity contribution in [3.05, 3.63) is 40.3 Å². The highest BCUT2D eigenvalue weighted by Gasteiger charge is 2.25. The Morgan fingerprint density at radius 3 is 2.52 bits per heavy atom. The van der Waals surface area contributed by atoms with Gasteiger partial charge in [-0.25, -0.2) is 0 Å². The van der Waals surface area contributed by atoms with Crippen molar-refractivity contribution in [2.24, 2.45) is 5.92 Å². The van der Waals surface area contributed by atoms with Gasteiger partial charge in [0.15, 0.2) is 11.5 Å². The topological polar surface area (TPSA) is 97.0 Å². The summed E-state index contributed by atoms with van der Waals surface area (Å²) in [7, 11) is 1.59. The van der Waals surface area contributed by atoms with Crippen LogP contribution >= 0.6 is 0 Å². The minimum atomic E-state index is -0.478. The van der Waals surface area contributed by atoms with Gasteiger partial charge in [0.25, 0.3) is 5.56 Å². The van der Waals surface area contributed by atoms with Crippen molar-refractivity contribution in [2.75, 3.05) is 7.11 Å². The highest BCUT2D eigenvalue weighted by molar-refractivity contribution is 5.79. The van der Waals surface area contributed by atoms with Gasteiger partial charge in [0.05, 0.1) is 13.2 Å². The van der Waals surface area contributed by atoms with E-state index in [0.29, 0.717) is 5.82 Å². The second kappa shape index (κ2) is 7.46. The number of methoxy groups -OCH3 is 1. The zero-order valence-electron chi connectivity index (χ0n) is 14.4. The van der Waals surface area contributed by atoms with Crippen molar-refractivity contribution in [3.8, 4) is 17.1 Å². The van der Waals surface area contributed by atoms with Crippen LogP contribution in [-0.4, -0.2) is 28.2 Å². The Kier molecular flexibility index (Phi) is 5.11. The van der Waals surface area contributed by atoms with E-state index < -0.39 is 6.04 Å². The fourth-order valence-corrected chi connectivity index (χ4v) is 3.10. The summed E-state index contributed by atoms with van der Waals surface area (Å²) >= 11 is 0. The predicted molar refractivity (Wildman–Crippen MR) is 93.2 cm³/mol. The molecular weight excluding hydrogens is 320 g/mol. The monoisotopic (exact) mass is 342 g/mol. The van der Waals surface area contributed by atoms with Crippen molar-refractivity contribution in [2.45, 2.75) is 38.6 Å². The highest BCUT2D eigenvalue weighted by Crippen LogP contribution is 2.25. The Labute approximate surface area is 145 Å². The van der Waals surface area contributed by atoms with Crippen molar-refractivity contribution < 1.29 is 9.53 Å². The van der Waals surface area contributed by atoms with Crippen LogP contribution in [0.1, 0.15) is 44.3 Å². The number of rotatable bonds is 5. The molecule has 1 unspecified atom stereocenters. The second-order valence-electron chi connectivity index (χ2n) is 6.33. The van der Waals surface area contributed by atoms with Gasteiger partial charge in [0.2, 0.25) is 5.91 Å². The van der Waals surface area contributed by atoms with Gasteiger partial charge in [0.1, 0.15) is 5.75 Å². The van der Waals surface area contributed by atoms with Crippen LogP contribution in [0.4, 0.5) is 0 Å². The third-order valence-corrected chi connectivity index (χ3v) is 4.58. The number of hydrogen-bond acceptors (Lipinski definition) is 5. The number of hydrogen-bond donors (Lipinski definition) is 2. The summed E-state index contributed by atoms with van der Waals surface area (Å²) in [5.41, 5.74) is 0.600. The maximum absolute atomic E-state index is 12.3. The summed E-state index contributed by atoms with van der Waals surface area (Å²) in [5.74, 6) is 1.14. The number of carbonyl (C=O) groups excluding carboxylic acids is 1. The van der Waals surface area contributed by atoms with Gasteiger partial charge in [0, 0.05) is 11.5 Å². The van der Waals surface area contributed by atoms with Crippen molar-refractivity contribution in [3.63, 3.8) is 0 Å². The zero-order chi connectivity index (χ0) is 17.8. The molecule has 1 fully saturated rings. The molecule has 1 aliphatic carbocycles. The molecule has 0 spiro atoms. The largest absolute Gasteiger partial charge is 0.497 e. The van der Waals surface area contributed by atoms with Crippen LogP contribution < -0.4 is 15.6 Å². The van der Waals surface area contributed by atoms with E-state index in [1.807, 2.05) is 0 Å². The number of aromatic amines is 1. The van der Waals surface area contributed by atoms with Crippen molar-refractivity contribution >= 4 is 5.91 Å². The molecule has 0 radical (unpaired) electrons. The summed E-state index contributed by atoms with van der Waals surface area (Å²) in [6, 6.07) is 6.68. The Bertz CT molecular complexity index is 795. The lowest BCUT2D eigenvalue weighted by atomic mass is 10.1. The molecule has 1 saturated carbocycles. The smallest absolute Gasteiger partial charge is 0.275 e. The number of H-pyrrole nitrogens is 1. The number of benzene rings is 1. The van der Waals surface area contributed by atoms with E-state index in [9.17, 15) is 9.59 Å². The van der Waals surface area contributed by atoms with Gasteiger partial charge in [-0.05, 0) is 44.0 Å². The first-order valence-corrected chi connectivity index (χ1v) is 8.50. The SMILES string of the molecule is COc1ccc(-c2nnc(C(C)NC(=O)C3CCCC3)c(=O)[nH]2)cc1. The van der Waals surface area contributed by atoms with Crippen molar-refractivity contribution in [1.29, 1.82) is 0 Å². The molecule has 0 bridgehead atoms. The average molecular weight is 342 g/mol. The number of aromatic nitrogens is 3. The van der Waals surface area contributed by atoms with Crippen LogP contribution in [0.2, 0.25) is 0 Å². The first kappa shape index (κ1) is 17.1. The molecule has 0 aliphatic heterocycles. The molecule has 7 heteroatoms. The molecule has 1 heterocycles. The van der Waals surface area contributed by atoms with Gasteiger partial charge < -0.3 is 15.0 Å². The van der Waals surface area contributed by atoms with Gasteiger partial charge in [-0.1, -0.05) is 12.8 Å². The lowest BCUT2D eigenvalue weighted by Crippen LogP contribution is -2.35. The number of amides is 1. The second-order valence-corrected chi connectivity index (χ2v) is 6.33. The Balaban J connectivity index is 1.74. The van der Waals surface area contributed by atoms with Gasteiger partial charge in [-0.15, -0.1) is 10.2 Å². The fraction of sp³-hybridized carbons (Fsp3) is 0.444. The molecule has 2 aromatic rings. The summed E-state index contributed by atoms with van der Waals surface area (Å²) in [6.07, 6.45) is 4.00. The zero-order valence-corrected chi connectivity index (χ0v) is 14.4. The van der Waals surface area contributed by atoms with Gasteiger partial charge in [-0.2, -0.15) is 0 Å². The standard InChI is InChI=1S/C18H22N4O3/c1-11(19-17(23)13-5-3-4-6-13)15-18(24)20-16(22-21-15)12-7-9-14(25-2)10-8-12/h7-11,13H,3-6H2,1-2H3,(H,19,23)(H,20,22,24). The number of nitrogens with one attached hydrogen (secondary N) is 2. The van der Waals surface area contributed by atoms with Gasteiger partial charge in [-0.3, -0.25) is 9.59 Å². The summed E-state index contributed by atoms with van der Waals surface area (Å²) in [4.78, 5) is 27.3. The summed E-state index contributed by atoms with van der Waals surface area (Å²) in [5, 5.41) is 11.0. The van der Waals surface area contributed by atoms with E-state index in [1.54, 1.807) is 38.3 Å². The Morgan fingerprint density at radius 2 is 1.92 bits per heavy atom. The molecule has 2 N–H and O–H groups in total. The molecule has 1 atom stereocenters. The molecule has 132 valence electrons. The first-order chi connectivity index (χ1) is 12.1. The fourth-order valence-electron chi connectivity index (χ4n) is 3.10. The van der Waals surface area contributed by atoms with Crippen molar-refractivity contribution in [1.82, 2.24) is 20.5 Å². The maximum atomic E-state index is 12.3. The van der Waals surface area contributed by atoms with E-state index in [2.05, 4.69) is 20.5 Å². The Hall–Kier alpha value is -2.70. The minimum Gasteiger partial charge on any atom is -0.497 e. The third kappa shape index (κ3) is 3.87. The van der Waals surface area contributed by atoms with Crippen LogP contribution in [0.5, 0.6) is 5.75 Å². The van der Waals surface area contributed by atoms with E-state index in [4.69, 9.17) is 4.74 Å². The maximum Gasteiger partial charge on any atom is 0.275 e. The molecule has 1 aromatic carbocycles. The molecule has 7 nitrogen and oxygen atoms in total. The third-order valence-electron chi connectivity index (χ3n) is 4.58. The summed E-state index contributed by atoms with van der Waals surface area (Å²) < 4.78 is 5.11. The molecular formula is C18H22N4O3. The van der Waals surface area contributed by atoms with Crippen LogP contribution in [0.15, 0.2) is 29.1 Å². The molecule has 1 amide bonds. The van der Waals surface area contributed by atoms with E-state index >= 15 is 0 Å². The number of nitrogens with zero attached hydrogens (tertiary/aromatic N) is 2. The highest BCUT2D eigenvalue weighted by atomic mass is 16.5. The Morgan fingerprint density at radius 1 is 1.24 bits per heavy atom. The summed E-state index contributed by atoms with van der Waals surface area (Å²) in [6.45, 7) is 1.75. The van der Waals surface area contributed by atoms with Crippen LogP contribution in [0.25, 0.3) is 11.4 Å². The lowest BCUT2D eigenvalue weighted by Gasteiger charge is -2.15. The number of ether oxygens (including phenoxy) is 1. The quantitative estimate of drug-likeness (QED) is 0.868. The predicted octanol–water partition coefficient (Wildman–Crippen LogP) is 2.21. The molecule has 0 saturated heterocycles. The normalized spacial score (nSPS) is 15.8. The first-order valence-electron chi connectivity index (χ1n) is 8.50. The van der Waals surface area contributed by atoms with Crippen LogP contribution in [0, 0.1) is 5.92 Å². The van der Waals surface area contributed by atoms with Gasteiger partial charge >= 0.3 is 0 Å². The molecule has 1 aliphatic rings. The van der Waals surface area contributed by atoms with E-state index in [-0.39, 0.29) is 23.1 Å². The average Bonchev–Trinajstić information content (AvgIpc) is 3.16. The van der Waals surface area contributed by atoms with E-state index in [0.717, 1.165) is 37.0 Å². The molecule has 3 rings (SSSR count). The lowest BCUT2D eigenvalue weighted by molar-refractivity contribution is -0.125. The molecule has 25 heavy (non-hydrogen) atoms. The number of carbonyl (C=O) groups is 1. The minimum absolute atomic E-state index is 0.00886. The van der Waals surface area contributed by atoms with Crippen LogP contribution in [-0.2, 0) is 4.79 Å².